The van der Waals surface area contributed by atoms with Crippen LogP contribution in [0.4, 0.5) is 5.69 Å². The zero-order valence-corrected chi connectivity index (χ0v) is 12.7. The van der Waals surface area contributed by atoms with Crippen molar-refractivity contribution in [2.24, 2.45) is 0 Å². The minimum absolute atomic E-state index is 0.00935. The van der Waals surface area contributed by atoms with E-state index in [0.717, 1.165) is 11.3 Å². The molecule has 0 aromatic heterocycles. The molecular formula is C16H13ClN2OS. The first-order valence-electron chi connectivity index (χ1n) is 6.59. The maximum absolute atomic E-state index is 12.4. The molecular weight excluding hydrogens is 304 g/mol. The van der Waals surface area contributed by atoms with Crippen LogP contribution in [0.3, 0.4) is 0 Å². The summed E-state index contributed by atoms with van der Waals surface area (Å²) in [6, 6.07) is 16.8. The number of nitrogens with zero attached hydrogens (tertiary/aromatic N) is 1. The quantitative estimate of drug-likeness (QED) is 0.858. The molecule has 1 aliphatic heterocycles. The molecule has 0 aliphatic carbocycles. The molecule has 1 amide bonds. The summed E-state index contributed by atoms with van der Waals surface area (Å²) in [6.07, 6.45) is 0.358. The summed E-state index contributed by atoms with van der Waals surface area (Å²) in [4.78, 5) is 14.0. The van der Waals surface area contributed by atoms with E-state index in [1.807, 2.05) is 54.6 Å². The SMILES string of the molecule is O=C1CC(c2ccc(Cl)cc2)NC(=S)N1c1ccccc1. The molecule has 1 atom stereocenters. The van der Waals surface area contributed by atoms with Crippen molar-refractivity contribution in [1.82, 2.24) is 5.32 Å². The third-order valence-corrected chi connectivity index (χ3v) is 3.97. The number of hydrogen-bond donors (Lipinski definition) is 1. The van der Waals surface area contributed by atoms with Gasteiger partial charge in [-0.1, -0.05) is 41.9 Å². The van der Waals surface area contributed by atoms with Gasteiger partial charge in [-0.05, 0) is 42.0 Å². The van der Waals surface area contributed by atoms with Crippen molar-refractivity contribution in [2.75, 3.05) is 4.90 Å². The highest BCUT2D eigenvalue weighted by Gasteiger charge is 2.31. The molecule has 21 heavy (non-hydrogen) atoms. The predicted molar refractivity (Wildman–Crippen MR) is 88.5 cm³/mol. The number of carbonyl (C=O) groups excluding carboxylic acids is 1. The number of rotatable bonds is 2. The predicted octanol–water partition coefficient (Wildman–Crippen LogP) is 3.69. The van der Waals surface area contributed by atoms with Gasteiger partial charge >= 0.3 is 0 Å². The first-order valence-corrected chi connectivity index (χ1v) is 7.38. The zero-order valence-electron chi connectivity index (χ0n) is 11.1. The zero-order chi connectivity index (χ0) is 14.8. The van der Waals surface area contributed by atoms with Crippen LogP contribution in [0.25, 0.3) is 0 Å². The summed E-state index contributed by atoms with van der Waals surface area (Å²) in [7, 11) is 0. The first-order chi connectivity index (χ1) is 10.1. The van der Waals surface area contributed by atoms with Crippen molar-refractivity contribution in [3.05, 3.63) is 65.2 Å². The highest BCUT2D eigenvalue weighted by Crippen LogP contribution is 2.26. The topological polar surface area (TPSA) is 32.3 Å². The van der Waals surface area contributed by atoms with Gasteiger partial charge in [-0.15, -0.1) is 0 Å². The van der Waals surface area contributed by atoms with Crippen LogP contribution in [0.2, 0.25) is 5.02 Å². The molecule has 1 unspecified atom stereocenters. The van der Waals surface area contributed by atoms with Gasteiger partial charge < -0.3 is 5.32 Å². The number of para-hydroxylation sites is 1. The van der Waals surface area contributed by atoms with E-state index >= 15 is 0 Å². The molecule has 3 rings (SSSR count). The Labute approximate surface area is 133 Å². The number of hydrogen-bond acceptors (Lipinski definition) is 2. The van der Waals surface area contributed by atoms with Gasteiger partial charge in [0.05, 0.1) is 18.2 Å². The first kappa shape index (κ1) is 14.0. The van der Waals surface area contributed by atoms with Crippen LogP contribution in [0.15, 0.2) is 54.6 Å². The second-order valence-corrected chi connectivity index (χ2v) is 5.65. The van der Waals surface area contributed by atoms with Gasteiger partial charge in [-0.25, -0.2) is 0 Å². The van der Waals surface area contributed by atoms with E-state index in [4.69, 9.17) is 23.8 Å². The molecule has 5 heteroatoms. The molecule has 1 heterocycles. The van der Waals surface area contributed by atoms with Gasteiger partial charge in [0, 0.05) is 5.02 Å². The second-order valence-electron chi connectivity index (χ2n) is 4.82. The van der Waals surface area contributed by atoms with Crippen LogP contribution in [-0.4, -0.2) is 11.0 Å². The van der Waals surface area contributed by atoms with Crippen molar-refractivity contribution in [3.8, 4) is 0 Å². The molecule has 1 fully saturated rings. The molecule has 0 saturated carbocycles. The average Bonchev–Trinajstić information content (AvgIpc) is 2.48. The van der Waals surface area contributed by atoms with Crippen molar-refractivity contribution in [1.29, 1.82) is 0 Å². The molecule has 0 bridgehead atoms. The van der Waals surface area contributed by atoms with Gasteiger partial charge in [0.1, 0.15) is 0 Å². The highest BCUT2D eigenvalue weighted by atomic mass is 35.5. The van der Waals surface area contributed by atoms with Gasteiger partial charge in [0.25, 0.3) is 0 Å². The Balaban J connectivity index is 1.83. The summed E-state index contributed by atoms with van der Waals surface area (Å²) in [5.41, 5.74) is 1.79. The molecule has 2 aromatic rings. The van der Waals surface area contributed by atoms with Crippen LogP contribution < -0.4 is 10.2 Å². The number of halogens is 1. The minimum Gasteiger partial charge on any atom is -0.355 e. The fourth-order valence-corrected chi connectivity index (χ4v) is 2.85. The van der Waals surface area contributed by atoms with E-state index in [2.05, 4.69) is 5.32 Å². The largest absolute Gasteiger partial charge is 0.355 e. The Morgan fingerprint density at radius 1 is 1.10 bits per heavy atom. The molecule has 1 saturated heterocycles. The summed E-state index contributed by atoms with van der Waals surface area (Å²) in [6.45, 7) is 0. The lowest BCUT2D eigenvalue weighted by Gasteiger charge is -2.34. The lowest BCUT2D eigenvalue weighted by molar-refractivity contribution is -0.118. The fourth-order valence-electron chi connectivity index (χ4n) is 2.38. The minimum atomic E-state index is -0.109. The van der Waals surface area contributed by atoms with E-state index in [0.29, 0.717) is 16.6 Å². The van der Waals surface area contributed by atoms with Crippen molar-refractivity contribution >= 4 is 40.5 Å². The summed E-state index contributed by atoms with van der Waals surface area (Å²) in [5, 5.41) is 4.33. The molecule has 2 aromatic carbocycles. The van der Waals surface area contributed by atoms with Crippen molar-refractivity contribution in [3.63, 3.8) is 0 Å². The van der Waals surface area contributed by atoms with E-state index in [9.17, 15) is 4.79 Å². The number of nitrogens with one attached hydrogen (secondary N) is 1. The van der Waals surface area contributed by atoms with Crippen LogP contribution >= 0.6 is 23.8 Å². The Morgan fingerprint density at radius 2 is 1.76 bits per heavy atom. The van der Waals surface area contributed by atoms with Crippen LogP contribution in [-0.2, 0) is 4.79 Å². The number of anilines is 1. The number of benzene rings is 2. The Bertz CT molecular complexity index is 654. The number of amides is 1. The van der Waals surface area contributed by atoms with Crippen LogP contribution in [0.5, 0.6) is 0 Å². The van der Waals surface area contributed by atoms with Gasteiger partial charge in [0.15, 0.2) is 5.11 Å². The third-order valence-electron chi connectivity index (χ3n) is 3.42. The maximum atomic E-state index is 12.4. The van der Waals surface area contributed by atoms with E-state index < -0.39 is 0 Å². The fraction of sp³-hybridized carbons (Fsp3) is 0.125. The molecule has 1 N–H and O–H groups in total. The standard InChI is InChI=1S/C16H13ClN2OS/c17-12-8-6-11(7-9-12)14-10-15(20)19(16(21)18-14)13-4-2-1-3-5-13/h1-9,14H,10H2,(H,18,21). The Hall–Kier alpha value is -1.91. The second kappa shape index (κ2) is 5.84. The smallest absolute Gasteiger partial charge is 0.235 e. The lowest BCUT2D eigenvalue weighted by atomic mass is 10.0. The molecule has 0 radical (unpaired) electrons. The average molecular weight is 317 g/mol. The van der Waals surface area contributed by atoms with E-state index in [1.165, 1.54) is 0 Å². The normalized spacial score (nSPS) is 18.5. The van der Waals surface area contributed by atoms with Gasteiger partial charge in [0.2, 0.25) is 5.91 Å². The highest BCUT2D eigenvalue weighted by molar-refractivity contribution is 7.80. The third kappa shape index (κ3) is 2.91. The van der Waals surface area contributed by atoms with Crippen LogP contribution in [0.1, 0.15) is 18.0 Å². The molecule has 3 nitrogen and oxygen atoms in total. The summed E-state index contributed by atoms with van der Waals surface area (Å²) >= 11 is 11.2. The van der Waals surface area contributed by atoms with Crippen molar-refractivity contribution in [2.45, 2.75) is 12.5 Å². The monoisotopic (exact) mass is 316 g/mol. The lowest BCUT2D eigenvalue weighted by Crippen LogP contribution is -2.51. The number of carbonyl (C=O) groups is 1. The number of thiocarbonyl (C=S) groups is 1. The maximum Gasteiger partial charge on any atom is 0.235 e. The van der Waals surface area contributed by atoms with E-state index in [-0.39, 0.29) is 11.9 Å². The molecule has 1 aliphatic rings. The molecule has 0 spiro atoms. The summed E-state index contributed by atoms with van der Waals surface area (Å²) < 4.78 is 0. The van der Waals surface area contributed by atoms with Crippen molar-refractivity contribution < 1.29 is 4.79 Å². The van der Waals surface area contributed by atoms with Gasteiger partial charge in [-0.3, -0.25) is 9.69 Å². The molecule has 106 valence electrons. The summed E-state index contributed by atoms with van der Waals surface area (Å²) in [5.74, 6) is -0.00935. The Kier molecular flexibility index (Phi) is 3.90. The van der Waals surface area contributed by atoms with E-state index in [1.54, 1.807) is 4.90 Å². The van der Waals surface area contributed by atoms with Crippen LogP contribution in [0, 0.1) is 0 Å². The van der Waals surface area contributed by atoms with Gasteiger partial charge in [-0.2, -0.15) is 0 Å². The Morgan fingerprint density at radius 3 is 2.38 bits per heavy atom.